The van der Waals surface area contributed by atoms with Crippen LogP contribution in [0.5, 0.6) is 0 Å². The number of anilines is 2. The Hall–Kier alpha value is -2.22. The van der Waals surface area contributed by atoms with E-state index >= 15 is 0 Å². The largest absolute Gasteiger partial charge is 0.378 e. The molecule has 0 aliphatic carbocycles. The Bertz CT molecular complexity index is 813. The molecule has 8 heteroatoms. The van der Waals surface area contributed by atoms with E-state index in [0.717, 1.165) is 81.3 Å². The Morgan fingerprint density at radius 1 is 1.14 bits per heavy atom. The number of fused-ring (bicyclic) bond motifs is 1. The van der Waals surface area contributed by atoms with Crippen molar-refractivity contribution in [3.05, 3.63) is 23.4 Å². The van der Waals surface area contributed by atoms with Crippen molar-refractivity contribution in [3.63, 3.8) is 0 Å². The van der Waals surface area contributed by atoms with Crippen LogP contribution in [-0.2, 0) is 17.7 Å². The van der Waals surface area contributed by atoms with Gasteiger partial charge >= 0.3 is 0 Å². The Balaban J connectivity index is 1.66. The number of morpholine rings is 1. The highest BCUT2D eigenvalue weighted by molar-refractivity contribution is 5.47. The molecule has 0 saturated carbocycles. The summed E-state index contributed by atoms with van der Waals surface area (Å²) >= 11 is 0. The molecule has 0 unspecified atom stereocenters. The van der Waals surface area contributed by atoms with Gasteiger partial charge in [-0.1, -0.05) is 20.8 Å². The van der Waals surface area contributed by atoms with Gasteiger partial charge in [-0.15, -0.1) is 10.2 Å². The van der Waals surface area contributed by atoms with Gasteiger partial charge in [-0.3, -0.25) is 0 Å². The van der Waals surface area contributed by atoms with Gasteiger partial charge in [-0.25, -0.2) is 4.98 Å². The number of aryl methyl sites for hydroxylation is 2. The summed E-state index contributed by atoms with van der Waals surface area (Å²) in [5.41, 5.74) is 1.08. The van der Waals surface area contributed by atoms with Crippen molar-refractivity contribution in [2.45, 2.75) is 53.1 Å². The maximum absolute atomic E-state index is 5.49. The monoisotopic (exact) mass is 385 g/mol. The molecule has 2 aromatic rings. The third-order valence-corrected chi connectivity index (χ3v) is 5.54. The van der Waals surface area contributed by atoms with Crippen LogP contribution >= 0.6 is 0 Å². The SMILES string of the molecule is CCc1cc(N2Cc3nnc(C)n3[C@@H](CC(C)C)C2)nc(N2CCOCC2)n1. The smallest absolute Gasteiger partial charge is 0.227 e. The zero-order valence-electron chi connectivity index (χ0n) is 17.4. The van der Waals surface area contributed by atoms with Crippen molar-refractivity contribution in [2.75, 3.05) is 42.6 Å². The Morgan fingerprint density at radius 3 is 2.64 bits per heavy atom. The molecule has 1 fully saturated rings. The third-order valence-electron chi connectivity index (χ3n) is 5.54. The van der Waals surface area contributed by atoms with Gasteiger partial charge in [0.05, 0.1) is 25.8 Å². The van der Waals surface area contributed by atoms with E-state index in [1.807, 2.05) is 0 Å². The quantitative estimate of drug-likeness (QED) is 0.782. The van der Waals surface area contributed by atoms with Crippen LogP contribution in [0.25, 0.3) is 0 Å². The molecular formula is C20H31N7O. The van der Waals surface area contributed by atoms with Crippen LogP contribution < -0.4 is 9.80 Å². The van der Waals surface area contributed by atoms with Gasteiger partial charge in [0, 0.05) is 31.4 Å². The molecule has 0 aromatic carbocycles. The second-order valence-electron chi connectivity index (χ2n) is 8.17. The van der Waals surface area contributed by atoms with E-state index in [1.165, 1.54) is 0 Å². The van der Waals surface area contributed by atoms with E-state index in [9.17, 15) is 0 Å². The van der Waals surface area contributed by atoms with E-state index in [0.29, 0.717) is 12.0 Å². The first-order valence-electron chi connectivity index (χ1n) is 10.4. The Morgan fingerprint density at radius 2 is 1.93 bits per heavy atom. The second kappa shape index (κ2) is 8.03. The number of hydrogen-bond acceptors (Lipinski definition) is 7. The van der Waals surface area contributed by atoms with Gasteiger partial charge in [0.15, 0.2) is 5.82 Å². The molecule has 0 amide bonds. The summed E-state index contributed by atoms with van der Waals surface area (Å²) in [4.78, 5) is 14.3. The summed E-state index contributed by atoms with van der Waals surface area (Å²) in [7, 11) is 0. The molecule has 152 valence electrons. The van der Waals surface area contributed by atoms with Gasteiger partial charge in [-0.2, -0.15) is 4.98 Å². The van der Waals surface area contributed by atoms with E-state index in [-0.39, 0.29) is 0 Å². The highest BCUT2D eigenvalue weighted by Crippen LogP contribution is 2.30. The normalized spacial score (nSPS) is 20.0. The number of aromatic nitrogens is 5. The van der Waals surface area contributed by atoms with Crippen LogP contribution in [0.15, 0.2) is 6.07 Å². The van der Waals surface area contributed by atoms with Crippen LogP contribution in [0.2, 0.25) is 0 Å². The number of ether oxygens (including phenoxy) is 1. The summed E-state index contributed by atoms with van der Waals surface area (Å²) in [6.45, 7) is 13.6. The molecule has 2 aliphatic rings. The fraction of sp³-hybridized carbons (Fsp3) is 0.700. The van der Waals surface area contributed by atoms with Crippen LogP contribution in [-0.4, -0.2) is 57.6 Å². The van der Waals surface area contributed by atoms with Crippen LogP contribution in [0.1, 0.15) is 50.6 Å². The average molecular weight is 386 g/mol. The molecule has 4 heterocycles. The summed E-state index contributed by atoms with van der Waals surface area (Å²) < 4.78 is 7.81. The van der Waals surface area contributed by atoms with Gasteiger partial charge in [0.25, 0.3) is 0 Å². The Labute approximate surface area is 166 Å². The van der Waals surface area contributed by atoms with Crippen molar-refractivity contribution in [2.24, 2.45) is 5.92 Å². The lowest BCUT2D eigenvalue weighted by Gasteiger charge is -2.36. The maximum atomic E-state index is 5.49. The molecule has 2 aliphatic heterocycles. The van der Waals surface area contributed by atoms with E-state index in [2.05, 4.69) is 58.3 Å². The minimum absolute atomic E-state index is 0.366. The zero-order chi connectivity index (χ0) is 19.7. The predicted molar refractivity (Wildman–Crippen MR) is 109 cm³/mol. The van der Waals surface area contributed by atoms with Crippen molar-refractivity contribution in [1.82, 2.24) is 24.7 Å². The fourth-order valence-corrected chi connectivity index (χ4v) is 4.18. The maximum Gasteiger partial charge on any atom is 0.227 e. The number of hydrogen-bond donors (Lipinski definition) is 0. The van der Waals surface area contributed by atoms with Crippen molar-refractivity contribution in [3.8, 4) is 0 Å². The first-order chi connectivity index (χ1) is 13.5. The summed E-state index contributed by atoms with van der Waals surface area (Å²) in [6.07, 6.45) is 2.00. The van der Waals surface area contributed by atoms with Crippen molar-refractivity contribution < 1.29 is 4.74 Å². The van der Waals surface area contributed by atoms with Crippen molar-refractivity contribution >= 4 is 11.8 Å². The first kappa shape index (κ1) is 19.1. The Kier molecular flexibility index (Phi) is 5.48. The minimum Gasteiger partial charge on any atom is -0.378 e. The summed E-state index contributed by atoms with van der Waals surface area (Å²) in [5.74, 6) is 4.46. The molecule has 0 bridgehead atoms. The van der Waals surface area contributed by atoms with Crippen LogP contribution in [0.3, 0.4) is 0 Å². The number of rotatable bonds is 5. The van der Waals surface area contributed by atoms with E-state index < -0.39 is 0 Å². The highest BCUT2D eigenvalue weighted by Gasteiger charge is 2.30. The number of nitrogens with zero attached hydrogens (tertiary/aromatic N) is 7. The van der Waals surface area contributed by atoms with E-state index in [4.69, 9.17) is 14.7 Å². The van der Waals surface area contributed by atoms with Gasteiger partial charge in [0.1, 0.15) is 11.6 Å². The molecule has 0 spiro atoms. The molecule has 1 saturated heterocycles. The fourth-order valence-electron chi connectivity index (χ4n) is 4.18. The molecule has 2 aromatic heterocycles. The molecular weight excluding hydrogens is 354 g/mol. The average Bonchev–Trinajstić information content (AvgIpc) is 3.09. The third kappa shape index (κ3) is 3.83. The lowest BCUT2D eigenvalue weighted by Crippen LogP contribution is -2.40. The van der Waals surface area contributed by atoms with Crippen molar-refractivity contribution in [1.29, 1.82) is 0 Å². The second-order valence-corrected chi connectivity index (χ2v) is 8.17. The molecule has 8 nitrogen and oxygen atoms in total. The lowest BCUT2D eigenvalue weighted by molar-refractivity contribution is 0.122. The minimum atomic E-state index is 0.366. The van der Waals surface area contributed by atoms with Gasteiger partial charge in [0.2, 0.25) is 5.95 Å². The first-order valence-corrected chi connectivity index (χ1v) is 10.4. The van der Waals surface area contributed by atoms with Crippen LogP contribution in [0, 0.1) is 12.8 Å². The van der Waals surface area contributed by atoms with Gasteiger partial charge < -0.3 is 19.1 Å². The molecule has 0 radical (unpaired) electrons. The van der Waals surface area contributed by atoms with Gasteiger partial charge in [-0.05, 0) is 25.7 Å². The van der Waals surface area contributed by atoms with Crippen LogP contribution in [0.4, 0.5) is 11.8 Å². The molecule has 28 heavy (non-hydrogen) atoms. The molecule has 1 atom stereocenters. The molecule has 4 rings (SSSR count). The topological polar surface area (TPSA) is 72.2 Å². The zero-order valence-corrected chi connectivity index (χ0v) is 17.4. The highest BCUT2D eigenvalue weighted by atomic mass is 16.5. The van der Waals surface area contributed by atoms with E-state index in [1.54, 1.807) is 0 Å². The molecule has 0 N–H and O–H groups in total. The predicted octanol–water partition coefficient (Wildman–Crippen LogP) is 2.38. The summed E-state index contributed by atoms with van der Waals surface area (Å²) in [5, 5.41) is 8.79. The summed E-state index contributed by atoms with van der Waals surface area (Å²) in [6, 6.07) is 2.50. The standard InChI is InChI=1S/C20H31N7O/c1-5-16-11-18(22-20(21-16)25-6-8-28-9-7-25)26-12-17(10-14(2)3)27-15(4)23-24-19(27)13-26/h11,14,17H,5-10,12-13H2,1-4H3/t17-/m0/s1. The lowest BCUT2D eigenvalue weighted by atomic mass is 10.0.